The molecule has 0 amide bonds. The van der Waals surface area contributed by atoms with Crippen LogP contribution >= 0.6 is 0 Å². The van der Waals surface area contributed by atoms with Crippen LogP contribution in [0.4, 0.5) is 5.95 Å². The number of anilines is 1. The lowest BCUT2D eigenvalue weighted by molar-refractivity contribution is 0.168. The summed E-state index contributed by atoms with van der Waals surface area (Å²) in [5, 5.41) is 13.7. The lowest BCUT2D eigenvalue weighted by Crippen LogP contribution is -2.39. The number of nitrogens with zero attached hydrogens (tertiary/aromatic N) is 6. The first-order valence-electron chi connectivity index (χ1n) is 10.3. The van der Waals surface area contributed by atoms with Crippen molar-refractivity contribution in [3.63, 3.8) is 0 Å². The Kier molecular flexibility index (Phi) is 6.30. The molecular formula is C23H20N6O4S. The van der Waals surface area contributed by atoms with Gasteiger partial charge in [0.1, 0.15) is 12.2 Å². The van der Waals surface area contributed by atoms with Gasteiger partial charge in [-0.3, -0.25) is 4.79 Å². The molecule has 0 bridgehead atoms. The van der Waals surface area contributed by atoms with Gasteiger partial charge in [-0.25, -0.2) is 18.4 Å². The number of hydrogen-bond donors (Lipinski definition) is 0. The van der Waals surface area contributed by atoms with Crippen molar-refractivity contribution in [1.82, 2.24) is 19.7 Å². The van der Waals surface area contributed by atoms with Gasteiger partial charge in [-0.1, -0.05) is 5.92 Å². The van der Waals surface area contributed by atoms with Crippen LogP contribution < -0.4 is 15.2 Å². The molecule has 1 saturated heterocycles. The summed E-state index contributed by atoms with van der Waals surface area (Å²) in [7, 11) is -3.37. The molecule has 11 heteroatoms. The summed E-state index contributed by atoms with van der Waals surface area (Å²) >= 11 is 0. The highest BCUT2D eigenvalue weighted by Crippen LogP contribution is 2.22. The van der Waals surface area contributed by atoms with E-state index in [-0.39, 0.29) is 22.4 Å². The Morgan fingerprint density at radius 2 is 1.79 bits per heavy atom. The van der Waals surface area contributed by atoms with Gasteiger partial charge in [-0.05, 0) is 24.3 Å². The number of sulfone groups is 1. The zero-order valence-electron chi connectivity index (χ0n) is 18.2. The van der Waals surface area contributed by atoms with Crippen LogP contribution in [-0.2, 0) is 9.84 Å². The third-order valence-corrected chi connectivity index (χ3v) is 6.46. The maximum atomic E-state index is 12.7. The van der Waals surface area contributed by atoms with E-state index < -0.39 is 15.4 Å². The second-order valence-electron chi connectivity index (χ2n) is 7.71. The minimum absolute atomic E-state index is 0.0394. The molecule has 1 aliphatic heterocycles. The van der Waals surface area contributed by atoms with E-state index in [2.05, 4.69) is 21.0 Å². The van der Waals surface area contributed by atoms with Gasteiger partial charge in [0.15, 0.2) is 15.6 Å². The molecule has 0 unspecified atom stereocenters. The molecule has 3 aromatic rings. The molecule has 0 N–H and O–H groups in total. The van der Waals surface area contributed by atoms with Crippen LogP contribution in [0.3, 0.4) is 0 Å². The average Bonchev–Trinajstić information content (AvgIpc) is 2.84. The third kappa shape index (κ3) is 4.90. The predicted molar refractivity (Wildman–Crippen MR) is 123 cm³/mol. The van der Waals surface area contributed by atoms with Crippen molar-refractivity contribution >= 4 is 15.8 Å². The van der Waals surface area contributed by atoms with Gasteiger partial charge in [0.05, 0.1) is 22.2 Å². The summed E-state index contributed by atoms with van der Waals surface area (Å²) in [6, 6.07) is 8.87. The number of benzene rings is 1. The smallest absolute Gasteiger partial charge is 0.275 e. The molecule has 0 saturated carbocycles. The minimum Gasteiger partial charge on any atom is -0.487 e. The summed E-state index contributed by atoms with van der Waals surface area (Å²) in [4.78, 5) is 23.4. The molecule has 3 heterocycles. The predicted octanol–water partition coefficient (Wildman–Crippen LogP) is 1.33. The van der Waals surface area contributed by atoms with Gasteiger partial charge in [-0.2, -0.15) is 9.94 Å². The molecule has 1 fully saturated rings. The molecule has 2 aromatic heterocycles. The number of rotatable bonds is 5. The minimum atomic E-state index is -3.37. The van der Waals surface area contributed by atoms with Gasteiger partial charge in [0.25, 0.3) is 5.56 Å². The Morgan fingerprint density at radius 1 is 1.15 bits per heavy atom. The number of terminal acetylenes is 1. The SMILES string of the molecule is C#Cc1cnc(N2CCC(Oc3cc(=O)n(-c4ccc(S(C)(=O)=O)cc4)nc3C#N)CC2)nc1. The molecular weight excluding hydrogens is 456 g/mol. The maximum Gasteiger partial charge on any atom is 0.275 e. The van der Waals surface area contributed by atoms with E-state index in [1.165, 1.54) is 30.3 Å². The lowest BCUT2D eigenvalue weighted by Gasteiger charge is -2.32. The van der Waals surface area contributed by atoms with Gasteiger partial charge >= 0.3 is 0 Å². The fourth-order valence-electron chi connectivity index (χ4n) is 3.54. The number of aromatic nitrogens is 4. The molecule has 34 heavy (non-hydrogen) atoms. The average molecular weight is 477 g/mol. The highest BCUT2D eigenvalue weighted by molar-refractivity contribution is 7.90. The second kappa shape index (κ2) is 9.33. The highest BCUT2D eigenvalue weighted by Gasteiger charge is 2.24. The second-order valence-corrected chi connectivity index (χ2v) is 9.72. The number of hydrogen-bond acceptors (Lipinski definition) is 9. The largest absolute Gasteiger partial charge is 0.487 e. The Labute approximate surface area is 196 Å². The first-order valence-corrected chi connectivity index (χ1v) is 12.2. The van der Waals surface area contributed by atoms with Crippen LogP contribution in [0.5, 0.6) is 5.75 Å². The number of ether oxygens (including phenoxy) is 1. The van der Waals surface area contributed by atoms with Crippen LogP contribution in [0.25, 0.3) is 5.69 Å². The van der Waals surface area contributed by atoms with Gasteiger partial charge in [0, 0.05) is 44.6 Å². The fourth-order valence-corrected chi connectivity index (χ4v) is 4.17. The Bertz CT molecular complexity index is 1440. The zero-order chi connectivity index (χ0) is 24.3. The fraction of sp³-hybridized carbons (Fsp3) is 0.261. The molecule has 0 radical (unpaired) electrons. The summed E-state index contributed by atoms with van der Waals surface area (Å²) in [5.41, 5.74) is 0.409. The monoisotopic (exact) mass is 476 g/mol. The first kappa shape index (κ1) is 23.0. The van der Waals surface area contributed by atoms with E-state index in [0.717, 1.165) is 10.9 Å². The lowest BCUT2D eigenvalue weighted by atomic mass is 10.1. The van der Waals surface area contributed by atoms with Gasteiger partial charge in [-0.15, -0.1) is 11.5 Å². The summed E-state index contributed by atoms with van der Waals surface area (Å²) in [6.07, 6.45) is 10.7. The quantitative estimate of drug-likeness (QED) is 0.500. The van der Waals surface area contributed by atoms with Gasteiger partial charge in [0.2, 0.25) is 11.6 Å². The van der Waals surface area contributed by atoms with E-state index in [0.29, 0.717) is 43.1 Å². The van der Waals surface area contributed by atoms with E-state index >= 15 is 0 Å². The molecule has 0 aliphatic carbocycles. The molecule has 1 aromatic carbocycles. The molecule has 1 aliphatic rings. The van der Waals surface area contributed by atoms with E-state index in [9.17, 15) is 18.5 Å². The van der Waals surface area contributed by atoms with Crippen LogP contribution in [0.1, 0.15) is 24.1 Å². The van der Waals surface area contributed by atoms with Crippen LogP contribution in [-0.4, -0.2) is 53.6 Å². The number of piperidine rings is 1. The summed E-state index contributed by atoms with van der Waals surface area (Å²) in [6.45, 7) is 1.28. The van der Waals surface area contributed by atoms with Crippen molar-refractivity contribution in [3.05, 3.63) is 64.3 Å². The van der Waals surface area contributed by atoms with E-state index in [1.807, 2.05) is 11.0 Å². The van der Waals surface area contributed by atoms with Crippen molar-refractivity contribution in [2.75, 3.05) is 24.2 Å². The van der Waals surface area contributed by atoms with Crippen LogP contribution in [0.2, 0.25) is 0 Å². The van der Waals surface area contributed by atoms with Crippen molar-refractivity contribution in [2.24, 2.45) is 0 Å². The zero-order valence-corrected chi connectivity index (χ0v) is 19.1. The number of nitriles is 1. The van der Waals surface area contributed by atoms with Gasteiger partial charge < -0.3 is 9.64 Å². The van der Waals surface area contributed by atoms with Crippen molar-refractivity contribution in [2.45, 2.75) is 23.8 Å². The maximum absolute atomic E-state index is 12.7. The Morgan fingerprint density at radius 3 is 2.35 bits per heavy atom. The van der Waals surface area contributed by atoms with E-state index in [4.69, 9.17) is 11.2 Å². The molecule has 4 rings (SSSR count). The normalized spacial score (nSPS) is 14.3. The molecule has 172 valence electrons. The summed E-state index contributed by atoms with van der Waals surface area (Å²) in [5.74, 6) is 3.18. The standard InChI is InChI=1S/C23H20N6O4S/c1-3-16-14-25-23(26-15-16)28-10-8-18(9-11-28)33-21-12-22(30)29(27-20(21)13-24)17-4-6-19(7-5-17)34(2,31)32/h1,4-7,12,14-15,18H,8-11H2,2H3. The molecule has 0 spiro atoms. The Hall–Kier alpha value is -4.22. The third-order valence-electron chi connectivity index (χ3n) is 5.34. The van der Waals surface area contributed by atoms with E-state index in [1.54, 1.807) is 12.4 Å². The van der Waals surface area contributed by atoms with Crippen molar-refractivity contribution in [1.29, 1.82) is 5.26 Å². The van der Waals surface area contributed by atoms with Crippen molar-refractivity contribution in [3.8, 4) is 29.8 Å². The van der Waals surface area contributed by atoms with Crippen molar-refractivity contribution < 1.29 is 13.2 Å². The first-order chi connectivity index (χ1) is 16.3. The Balaban J connectivity index is 1.48. The van der Waals surface area contributed by atoms with Crippen LogP contribution in [0, 0.1) is 23.7 Å². The molecule has 0 atom stereocenters. The highest BCUT2D eigenvalue weighted by atomic mass is 32.2. The van der Waals surface area contributed by atoms with Crippen LogP contribution in [0.15, 0.2) is 52.4 Å². The summed E-state index contributed by atoms with van der Waals surface area (Å²) < 4.78 is 30.3. The topological polar surface area (TPSA) is 131 Å². The molecule has 10 nitrogen and oxygen atoms in total.